The molecule has 5 nitrogen and oxygen atoms in total. The summed E-state index contributed by atoms with van der Waals surface area (Å²) in [5.74, 6) is 0.905. The predicted octanol–water partition coefficient (Wildman–Crippen LogP) is 3.40. The van der Waals surface area contributed by atoms with Crippen LogP contribution >= 0.6 is 11.6 Å². The molecule has 0 spiro atoms. The van der Waals surface area contributed by atoms with Gasteiger partial charge in [-0.05, 0) is 38.4 Å². The quantitative estimate of drug-likeness (QED) is 0.784. The van der Waals surface area contributed by atoms with Crippen molar-refractivity contribution >= 4 is 22.5 Å². The summed E-state index contributed by atoms with van der Waals surface area (Å²) in [4.78, 5) is 4.60. The molecule has 1 aromatic carbocycles. The van der Waals surface area contributed by atoms with Crippen LogP contribution in [0.3, 0.4) is 0 Å². The van der Waals surface area contributed by atoms with Gasteiger partial charge in [0.2, 0.25) is 0 Å². The summed E-state index contributed by atoms with van der Waals surface area (Å²) in [6, 6.07) is 6.88. The zero-order chi connectivity index (χ0) is 16.0. The van der Waals surface area contributed by atoms with Gasteiger partial charge in [0, 0.05) is 36.9 Å². The average Bonchev–Trinajstić information content (AvgIpc) is 3.13. The Balaban J connectivity index is 1.85. The van der Waals surface area contributed by atoms with Crippen LogP contribution in [0.5, 0.6) is 0 Å². The molecule has 0 saturated carbocycles. The van der Waals surface area contributed by atoms with Gasteiger partial charge in [-0.1, -0.05) is 17.7 Å². The Morgan fingerprint density at radius 2 is 2.22 bits per heavy atom. The SMILES string of the molecule is C[C@H]1C[C@H](n2ccnc2-c2nn(C)c3cccc(Cl)c23)CCN1. The zero-order valence-electron chi connectivity index (χ0n) is 13.3. The summed E-state index contributed by atoms with van der Waals surface area (Å²) < 4.78 is 4.14. The van der Waals surface area contributed by atoms with E-state index in [0.717, 1.165) is 46.8 Å². The van der Waals surface area contributed by atoms with Crippen molar-refractivity contribution in [3.8, 4) is 11.5 Å². The Kier molecular flexibility index (Phi) is 3.62. The van der Waals surface area contributed by atoms with Crippen molar-refractivity contribution in [1.82, 2.24) is 24.6 Å². The second-order valence-electron chi connectivity index (χ2n) is 6.30. The summed E-state index contributed by atoms with van der Waals surface area (Å²) in [5.41, 5.74) is 1.89. The largest absolute Gasteiger partial charge is 0.326 e. The fourth-order valence-electron chi connectivity index (χ4n) is 3.58. The molecule has 2 aromatic heterocycles. The van der Waals surface area contributed by atoms with Gasteiger partial charge < -0.3 is 9.88 Å². The molecule has 120 valence electrons. The van der Waals surface area contributed by atoms with Crippen molar-refractivity contribution in [3.05, 3.63) is 35.6 Å². The van der Waals surface area contributed by atoms with E-state index in [2.05, 4.69) is 28.0 Å². The fourth-order valence-corrected chi connectivity index (χ4v) is 3.84. The van der Waals surface area contributed by atoms with Crippen LogP contribution in [-0.2, 0) is 7.05 Å². The van der Waals surface area contributed by atoms with Crippen LogP contribution in [0.4, 0.5) is 0 Å². The van der Waals surface area contributed by atoms with E-state index in [-0.39, 0.29) is 0 Å². The molecule has 1 fully saturated rings. The van der Waals surface area contributed by atoms with Gasteiger partial charge >= 0.3 is 0 Å². The molecule has 0 bridgehead atoms. The van der Waals surface area contributed by atoms with Crippen molar-refractivity contribution in [2.45, 2.75) is 31.8 Å². The van der Waals surface area contributed by atoms with Gasteiger partial charge in [-0.15, -0.1) is 0 Å². The number of aromatic nitrogens is 4. The number of aryl methyl sites for hydroxylation is 1. The summed E-state index contributed by atoms with van der Waals surface area (Å²) in [5, 5.41) is 9.90. The molecule has 23 heavy (non-hydrogen) atoms. The zero-order valence-corrected chi connectivity index (χ0v) is 14.1. The normalized spacial score (nSPS) is 21.9. The number of nitrogens with one attached hydrogen (secondary N) is 1. The van der Waals surface area contributed by atoms with E-state index in [1.165, 1.54) is 0 Å². The first-order chi connectivity index (χ1) is 11.1. The minimum Gasteiger partial charge on any atom is -0.326 e. The molecule has 0 aliphatic carbocycles. The van der Waals surface area contributed by atoms with Gasteiger partial charge in [0.05, 0.1) is 10.5 Å². The van der Waals surface area contributed by atoms with E-state index < -0.39 is 0 Å². The van der Waals surface area contributed by atoms with Crippen LogP contribution in [-0.4, -0.2) is 31.9 Å². The maximum Gasteiger partial charge on any atom is 0.161 e. The molecule has 0 unspecified atom stereocenters. The summed E-state index contributed by atoms with van der Waals surface area (Å²) >= 11 is 6.45. The third-order valence-electron chi connectivity index (χ3n) is 4.70. The summed E-state index contributed by atoms with van der Waals surface area (Å²) in [6.45, 7) is 3.27. The Morgan fingerprint density at radius 3 is 3.04 bits per heavy atom. The Labute approximate surface area is 140 Å². The third kappa shape index (κ3) is 2.44. The molecule has 2 atom stereocenters. The van der Waals surface area contributed by atoms with Crippen molar-refractivity contribution in [2.24, 2.45) is 7.05 Å². The standard InChI is InChI=1S/C17H20ClN5/c1-11-10-12(6-7-19-11)23-9-8-20-17(23)16-15-13(18)4-3-5-14(15)22(2)21-16/h3-5,8-9,11-12,19H,6-7,10H2,1-2H3/t11-,12+/m0/s1. The lowest BCUT2D eigenvalue weighted by Crippen LogP contribution is -2.36. The first-order valence-corrected chi connectivity index (χ1v) is 8.40. The van der Waals surface area contributed by atoms with Crippen LogP contribution in [0.1, 0.15) is 25.8 Å². The molecule has 4 rings (SSSR count). The van der Waals surface area contributed by atoms with Gasteiger partial charge in [0.25, 0.3) is 0 Å². The monoisotopic (exact) mass is 329 g/mol. The van der Waals surface area contributed by atoms with Crippen LogP contribution in [0.2, 0.25) is 5.02 Å². The molecule has 1 saturated heterocycles. The van der Waals surface area contributed by atoms with E-state index in [1.54, 1.807) is 0 Å². The molecule has 0 amide bonds. The van der Waals surface area contributed by atoms with Gasteiger partial charge in [-0.2, -0.15) is 5.10 Å². The number of rotatable bonds is 2. The number of hydrogen-bond donors (Lipinski definition) is 1. The van der Waals surface area contributed by atoms with Crippen LogP contribution in [0.25, 0.3) is 22.4 Å². The average molecular weight is 330 g/mol. The smallest absolute Gasteiger partial charge is 0.161 e. The second kappa shape index (κ2) is 5.65. The highest BCUT2D eigenvalue weighted by Crippen LogP contribution is 2.34. The molecule has 3 aromatic rings. The summed E-state index contributed by atoms with van der Waals surface area (Å²) in [6.07, 6.45) is 6.13. The first-order valence-electron chi connectivity index (χ1n) is 8.03. The molecular weight excluding hydrogens is 310 g/mol. The highest BCUT2D eigenvalue weighted by Gasteiger charge is 2.24. The lowest BCUT2D eigenvalue weighted by molar-refractivity contribution is 0.315. The van der Waals surface area contributed by atoms with Gasteiger partial charge in [-0.25, -0.2) is 4.98 Å². The Morgan fingerprint density at radius 1 is 1.35 bits per heavy atom. The highest BCUT2D eigenvalue weighted by atomic mass is 35.5. The number of benzene rings is 1. The van der Waals surface area contributed by atoms with E-state index in [0.29, 0.717) is 12.1 Å². The minimum absolute atomic E-state index is 0.447. The molecule has 1 N–H and O–H groups in total. The third-order valence-corrected chi connectivity index (χ3v) is 5.01. The van der Waals surface area contributed by atoms with Crippen LogP contribution < -0.4 is 5.32 Å². The molecule has 3 heterocycles. The maximum atomic E-state index is 6.45. The van der Waals surface area contributed by atoms with Gasteiger partial charge in [0.1, 0.15) is 5.69 Å². The van der Waals surface area contributed by atoms with Crippen molar-refractivity contribution in [2.75, 3.05) is 6.54 Å². The number of nitrogens with zero attached hydrogens (tertiary/aromatic N) is 4. The van der Waals surface area contributed by atoms with Crippen LogP contribution in [0.15, 0.2) is 30.6 Å². The lowest BCUT2D eigenvalue weighted by atomic mass is 10.00. The number of imidazole rings is 1. The highest BCUT2D eigenvalue weighted by molar-refractivity contribution is 6.36. The molecule has 0 radical (unpaired) electrons. The van der Waals surface area contributed by atoms with Crippen molar-refractivity contribution < 1.29 is 0 Å². The van der Waals surface area contributed by atoms with E-state index in [9.17, 15) is 0 Å². The van der Waals surface area contributed by atoms with Gasteiger partial charge in [-0.3, -0.25) is 4.68 Å². The van der Waals surface area contributed by atoms with E-state index >= 15 is 0 Å². The predicted molar refractivity (Wildman–Crippen MR) is 92.7 cm³/mol. The molecular formula is C17H20ClN5. The second-order valence-corrected chi connectivity index (χ2v) is 6.70. The van der Waals surface area contributed by atoms with Crippen LogP contribution in [0, 0.1) is 0 Å². The van der Waals surface area contributed by atoms with Crippen molar-refractivity contribution in [1.29, 1.82) is 0 Å². The Hall–Kier alpha value is -1.85. The van der Waals surface area contributed by atoms with Gasteiger partial charge in [0.15, 0.2) is 5.82 Å². The minimum atomic E-state index is 0.447. The first kappa shape index (κ1) is 14.7. The van der Waals surface area contributed by atoms with E-state index in [1.807, 2.05) is 36.1 Å². The number of piperidine rings is 1. The number of halogens is 1. The topological polar surface area (TPSA) is 47.7 Å². The summed E-state index contributed by atoms with van der Waals surface area (Å²) in [7, 11) is 1.95. The fraction of sp³-hybridized carbons (Fsp3) is 0.412. The lowest BCUT2D eigenvalue weighted by Gasteiger charge is -2.29. The molecule has 1 aliphatic heterocycles. The Bertz CT molecular complexity index is 850. The molecule has 6 heteroatoms. The maximum absolute atomic E-state index is 6.45. The van der Waals surface area contributed by atoms with Crippen molar-refractivity contribution in [3.63, 3.8) is 0 Å². The number of fused-ring (bicyclic) bond motifs is 1. The molecule has 1 aliphatic rings. The number of hydrogen-bond acceptors (Lipinski definition) is 3. The van der Waals surface area contributed by atoms with E-state index in [4.69, 9.17) is 16.7 Å².